The van der Waals surface area contributed by atoms with Gasteiger partial charge in [-0.05, 0) is 36.2 Å². The number of para-hydroxylation sites is 1. The lowest BCUT2D eigenvalue weighted by Crippen LogP contribution is -2.19. The van der Waals surface area contributed by atoms with Crippen molar-refractivity contribution in [3.63, 3.8) is 0 Å². The Bertz CT molecular complexity index is 552. The van der Waals surface area contributed by atoms with E-state index in [1.54, 1.807) is 12.1 Å². The number of esters is 1. The van der Waals surface area contributed by atoms with Crippen LogP contribution in [0.25, 0.3) is 0 Å². The standard InChI is InChI=1S/C16H17NO2/c1-12(10-13-6-5-7-14(17)11-13)16(18)19-15-8-3-2-4-9-15/h2-9,11-12H,10,17H2,1H3. The zero-order valence-electron chi connectivity index (χ0n) is 10.9. The number of carbonyl (C=O) groups is 1. The number of hydrogen-bond acceptors (Lipinski definition) is 3. The van der Waals surface area contributed by atoms with Crippen molar-refractivity contribution in [1.29, 1.82) is 0 Å². The van der Waals surface area contributed by atoms with Crippen molar-refractivity contribution >= 4 is 11.7 Å². The van der Waals surface area contributed by atoms with Crippen LogP contribution in [-0.2, 0) is 11.2 Å². The molecule has 0 aliphatic carbocycles. The van der Waals surface area contributed by atoms with Crippen molar-refractivity contribution in [3.05, 3.63) is 60.2 Å². The summed E-state index contributed by atoms with van der Waals surface area (Å²) in [6.45, 7) is 1.86. The fourth-order valence-corrected chi connectivity index (χ4v) is 1.86. The van der Waals surface area contributed by atoms with Gasteiger partial charge in [-0.15, -0.1) is 0 Å². The van der Waals surface area contributed by atoms with Crippen LogP contribution >= 0.6 is 0 Å². The molecule has 0 saturated heterocycles. The van der Waals surface area contributed by atoms with Gasteiger partial charge in [-0.2, -0.15) is 0 Å². The number of anilines is 1. The van der Waals surface area contributed by atoms with Crippen molar-refractivity contribution < 1.29 is 9.53 Å². The van der Waals surface area contributed by atoms with Crippen LogP contribution in [0.4, 0.5) is 5.69 Å². The molecule has 0 aliphatic rings. The highest BCUT2D eigenvalue weighted by Gasteiger charge is 2.15. The van der Waals surface area contributed by atoms with Gasteiger partial charge in [0.25, 0.3) is 0 Å². The van der Waals surface area contributed by atoms with Crippen LogP contribution in [0, 0.1) is 5.92 Å². The van der Waals surface area contributed by atoms with Gasteiger partial charge < -0.3 is 10.5 Å². The summed E-state index contributed by atoms with van der Waals surface area (Å²) in [4.78, 5) is 11.9. The zero-order chi connectivity index (χ0) is 13.7. The third-order valence-corrected chi connectivity index (χ3v) is 2.86. The van der Waals surface area contributed by atoms with Crippen LogP contribution < -0.4 is 10.5 Å². The van der Waals surface area contributed by atoms with Gasteiger partial charge in [0.05, 0.1) is 5.92 Å². The first kappa shape index (κ1) is 13.1. The van der Waals surface area contributed by atoms with E-state index in [9.17, 15) is 4.79 Å². The molecule has 0 bridgehead atoms. The summed E-state index contributed by atoms with van der Waals surface area (Å²) in [7, 11) is 0. The first-order chi connectivity index (χ1) is 9.15. The molecule has 1 atom stereocenters. The molecule has 0 spiro atoms. The zero-order valence-corrected chi connectivity index (χ0v) is 10.9. The predicted molar refractivity (Wildman–Crippen MR) is 75.8 cm³/mol. The van der Waals surface area contributed by atoms with Crippen LogP contribution in [0.5, 0.6) is 5.75 Å². The van der Waals surface area contributed by atoms with Crippen LogP contribution in [-0.4, -0.2) is 5.97 Å². The largest absolute Gasteiger partial charge is 0.426 e. The van der Waals surface area contributed by atoms with Gasteiger partial charge in [0, 0.05) is 5.69 Å². The van der Waals surface area contributed by atoms with E-state index in [-0.39, 0.29) is 11.9 Å². The molecule has 0 heterocycles. The minimum absolute atomic E-state index is 0.206. The Hall–Kier alpha value is -2.29. The van der Waals surface area contributed by atoms with E-state index in [4.69, 9.17) is 10.5 Å². The van der Waals surface area contributed by atoms with E-state index in [0.717, 1.165) is 5.56 Å². The second kappa shape index (κ2) is 6.05. The molecule has 98 valence electrons. The predicted octanol–water partition coefficient (Wildman–Crippen LogP) is 3.05. The van der Waals surface area contributed by atoms with E-state index in [1.807, 2.05) is 49.4 Å². The number of nitrogens with two attached hydrogens (primary N) is 1. The Morgan fingerprint density at radius 1 is 1.16 bits per heavy atom. The van der Waals surface area contributed by atoms with Gasteiger partial charge >= 0.3 is 5.97 Å². The Balaban J connectivity index is 1.96. The van der Waals surface area contributed by atoms with Gasteiger partial charge in [-0.3, -0.25) is 4.79 Å². The number of carbonyl (C=O) groups excluding carboxylic acids is 1. The van der Waals surface area contributed by atoms with E-state index < -0.39 is 0 Å². The Labute approximate surface area is 113 Å². The average Bonchev–Trinajstić information content (AvgIpc) is 2.40. The maximum absolute atomic E-state index is 11.9. The third-order valence-electron chi connectivity index (χ3n) is 2.86. The summed E-state index contributed by atoms with van der Waals surface area (Å²) in [6, 6.07) is 16.7. The normalized spacial score (nSPS) is 11.8. The molecule has 0 radical (unpaired) electrons. The van der Waals surface area contributed by atoms with Crippen molar-refractivity contribution in [2.75, 3.05) is 5.73 Å². The molecule has 0 saturated carbocycles. The molecule has 3 nitrogen and oxygen atoms in total. The van der Waals surface area contributed by atoms with Crippen molar-refractivity contribution in [2.45, 2.75) is 13.3 Å². The van der Waals surface area contributed by atoms with Crippen molar-refractivity contribution in [3.8, 4) is 5.75 Å². The molecule has 3 heteroatoms. The monoisotopic (exact) mass is 255 g/mol. The second-order valence-electron chi connectivity index (χ2n) is 4.58. The van der Waals surface area contributed by atoms with Gasteiger partial charge in [0.2, 0.25) is 0 Å². The number of hydrogen-bond donors (Lipinski definition) is 1. The lowest BCUT2D eigenvalue weighted by Gasteiger charge is -2.11. The molecule has 0 amide bonds. The maximum atomic E-state index is 11.9. The van der Waals surface area contributed by atoms with Gasteiger partial charge in [0.1, 0.15) is 5.75 Å². The van der Waals surface area contributed by atoms with Gasteiger partial charge in [0.15, 0.2) is 0 Å². The Morgan fingerprint density at radius 2 is 1.89 bits per heavy atom. The molecule has 2 rings (SSSR count). The minimum atomic E-state index is -0.228. The highest BCUT2D eigenvalue weighted by molar-refractivity contribution is 5.75. The second-order valence-corrected chi connectivity index (χ2v) is 4.58. The van der Waals surface area contributed by atoms with Gasteiger partial charge in [-0.1, -0.05) is 37.3 Å². The highest BCUT2D eigenvalue weighted by atomic mass is 16.5. The number of nitrogen functional groups attached to an aromatic ring is 1. The van der Waals surface area contributed by atoms with Crippen molar-refractivity contribution in [1.82, 2.24) is 0 Å². The number of rotatable bonds is 4. The van der Waals surface area contributed by atoms with E-state index in [0.29, 0.717) is 17.9 Å². The molecule has 1 unspecified atom stereocenters. The molecule has 19 heavy (non-hydrogen) atoms. The van der Waals surface area contributed by atoms with E-state index in [2.05, 4.69) is 0 Å². The molecule has 0 aromatic heterocycles. The first-order valence-electron chi connectivity index (χ1n) is 6.26. The molecule has 0 fully saturated rings. The lowest BCUT2D eigenvalue weighted by molar-refractivity contribution is -0.138. The molecule has 0 aliphatic heterocycles. The van der Waals surface area contributed by atoms with Gasteiger partial charge in [-0.25, -0.2) is 0 Å². The molecule has 2 N–H and O–H groups in total. The van der Waals surface area contributed by atoms with Crippen LogP contribution in [0.1, 0.15) is 12.5 Å². The minimum Gasteiger partial charge on any atom is -0.426 e. The molecular weight excluding hydrogens is 238 g/mol. The average molecular weight is 255 g/mol. The summed E-state index contributed by atoms with van der Waals surface area (Å²) in [5, 5.41) is 0. The van der Waals surface area contributed by atoms with E-state index in [1.165, 1.54) is 0 Å². The summed E-state index contributed by atoms with van der Waals surface area (Å²) in [5.74, 6) is 0.141. The molecular formula is C16H17NO2. The Kier molecular flexibility index (Phi) is 4.18. The fourth-order valence-electron chi connectivity index (χ4n) is 1.86. The van der Waals surface area contributed by atoms with E-state index >= 15 is 0 Å². The SMILES string of the molecule is CC(Cc1cccc(N)c1)C(=O)Oc1ccccc1. The first-order valence-corrected chi connectivity index (χ1v) is 6.26. The number of benzene rings is 2. The summed E-state index contributed by atoms with van der Waals surface area (Å²) in [5.41, 5.74) is 7.47. The summed E-state index contributed by atoms with van der Waals surface area (Å²) in [6.07, 6.45) is 0.622. The van der Waals surface area contributed by atoms with Crippen LogP contribution in [0.2, 0.25) is 0 Å². The lowest BCUT2D eigenvalue weighted by atomic mass is 10.0. The van der Waals surface area contributed by atoms with Crippen LogP contribution in [0.15, 0.2) is 54.6 Å². The third kappa shape index (κ3) is 3.85. The molecule has 2 aromatic rings. The van der Waals surface area contributed by atoms with Crippen LogP contribution in [0.3, 0.4) is 0 Å². The molecule has 2 aromatic carbocycles. The topological polar surface area (TPSA) is 52.3 Å². The van der Waals surface area contributed by atoms with Crippen molar-refractivity contribution in [2.24, 2.45) is 5.92 Å². The smallest absolute Gasteiger partial charge is 0.314 e. The number of ether oxygens (including phenoxy) is 1. The fraction of sp³-hybridized carbons (Fsp3) is 0.188. The quantitative estimate of drug-likeness (QED) is 0.519. The highest BCUT2D eigenvalue weighted by Crippen LogP contribution is 2.15. The summed E-state index contributed by atoms with van der Waals surface area (Å²) >= 11 is 0. The Morgan fingerprint density at radius 3 is 2.58 bits per heavy atom. The summed E-state index contributed by atoms with van der Waals surface area (Å²) < 4.78 is 5.31. The maximum Gasteiger partial charge on any atom is 0.314 e.